The van der Waals surface area contributed by atoms with Crippen molar-refractivity contribution in [1.29, 1.82) is 0 Å². The third-order valence-corrected chi connectivity index (χ3v) is 4.96. The highest BCUT2D eigenvalue weighted by molar-refractivity contribution is 5.98. The molecule has 1 aromatic rings. The Morgan fingerprint density at radius 2 is 1.96 bits per heavy atom. The third-order valence-electron chi connectivity index (χ3n) is 4.96. The van der Waals surface area contributed by atoms with Gasteiger partial charge in [0, 0.05) is 18.7 Å². The van der Waals surface area contributed by atoms with E-state index in [0.29, 0.717) is 25.3 Å². The maximum atomic E-state index is 13.1. The van der Waals surface area contributed by atoms with Crippen molar-refractivity contribution in [3.63, 3.8) is 0 Å². The van der Waals surface area contributed by atoms with Crippen LogP contribution in [-0.4, -0.2) is 48.4 Å². The van der Waals surface area contributed by atoms with E-state index in [1.807, 2.05) is 39.0 Å². The summed E-state index contributed by atoms with van der Waals surface area (Å²) in [4.78, 5) is 39.5. The van der Waals surface area contributed by atoms with Crippen LogP contribution in [0.5, 0.6) is 0 Å². The molecule has 0 radical (unpaired) electrons. The quantitative estimate of drug-likeness (QED) is 0.777. The lowest BCUT2D eigenvalue weighted by Gasteiger charge is -2.35. The molecule has 0 saturated carbocycles. The van der Waals surface area contributed by atoms with E-state index in [2.05, 4.69) is 5.32 Å². The molecule has 0 aliphatic carbocycles. The fraction of sp³-hybridized carbons (Fsp3) is 0.571. The topological polar surface area (TPSA) is 75.7 Å². The van der Waals surface area contributed by atoms with Gasteiger partial charge in [0.05, 0.1) is 12.5 Å². The number of nitrogens with one attached hydrogen (secondary N) is 1. The van der Waals surface area contributed by atoms with Crippen LogP contribution in [-0.2, 0) is 14.3 Å². The van der Waals surface area contributed by atoms with Crippen LogP contribution in [0.1, 0.15) is 49.5 Å². The first kappa shape index (κ1) is 20.9. The van der Waals surface area contributed by atoms with Crippen LogP contribution in [0.4, 0.5) is 0 Å². The number of nitrogens with zero attached hydrogens (tertiary/aromatic N) is 1. The van der Waals surface area contributed by atoms with E-state index in [9.17, 15) is 14.4 Å². The average Bonchev–Trinajstić information content (AvgIpc) is 2.65. The average molecular weight is 374 g/mol. The van der Waals surface area contributed by atoms with Crippen molar-refractivity contribution in [2.75, 3.05) is 19.7 Å². The maximum Gasteiger partial charge on any atom is 0.310 e. The molecule has 1 aromatic carbocycles. The first-order chi connectivity index (χ1) is 12.8. The molecule has 6 nitrogen and oxygen atoms in total. The number of rotatable bonds is 6. The Hall–Kier alpha value is -2.37. The van der Waals surface area contributed by atoms with Gasteiger partial charge in [0.25, 0.3) is 5.91 Å². The molecule has 1 aliphatic heterocycles. The molecular formula is C21H30N2O4. The van der Waals surface area contributed by atoms with Crippen LogP contribution in [0.2, 0.25) is 0 Å². The Morgan fingerprint density at radius 3 is 2.59 bits per heavy atom. The zero-order valence-corrected chi connectivity index (χ0v) is 16.7. The molecule has 1 heterocycles. The number of benzene rings is 1. The number of hydrogen-bond donors (Lipinski definition) is 1. The third kappa shape index (κ3) is 5.31. The van der Waals surface area contributed by atoms with Crippen LogP contribution in [0.3, 0.4) is 0 Å². The van der Waals surface area contributed by atoms with Gasteiger partial charge in [-0.3, -0.25) is 14.4 Å². The first-order valence-electron chi connectivity index (χ1n) is 9.67. The Morgan fingerprint density at radius 1 is 1.26 bits per heavy atom. The highest BCUT2D eigenvalue weighted by Crippen LogP contribution is 2.20. The number of likely N-dealkylation sites (tertiary alicyclic amines) is 1. The predicted molar refractivity (Wildman–Crippen MR) is 103 cm³/mol. The number of amides is 2. The minimum absolute atomic E-state index is 0.0616. The first-order valence-corrected chi connectivity index (χ1v) is 9.67. The maximum absolute atomic E-state index is 13.1. The van der Waals surface area contributed by atoms with Crippen LogP contribution in [0.15, 0.2) is 24.3 Å². The molecule has 1 N–H and O–H groups in total. The number of aryl methyl sites for hydroxylation is 1. The van der Waals surface area contributed by atoms with Gasteiger partial charge in [-0.15, -0.1) is 0 Å². The Balaban J connectivity index is 2.09. The summed E-state index contributed by atoms with van der Waals surface area (Å²) < 4.78 is 5.11. The summed E-state index contributed by atoms with van der Waals surface area (Å²) in [5, 5.41) is 2.89. The summed E-state index contributed by atoms with van der Waals surface area (Å²) in [5.74, 6) is -0.990. The standard InChI is InChI=1S/C21H30N2O4/c1-5-27-21(26)16-10-8-12-23(13-16)20(25)18(14(2)3)22-19(24)17-11-7-6-9-15(17)4/h6-7,9,11,14,16,18H,5,8,10,12-13H2,1-4H3,(H,22,24). The second kappa shape index (κ2) is 9.53. The summed E-state index contributed by atoms with van der Waals surface area (Å²) in [7, 11) is 0. The Labute approximate surface area is 161 Å². The van der Waals surface area contributed by atoms with Crippen molar-refractivity contribution in [2.24, 2.45) is 11.8 Å². The van der Waals surface area contributed by atoms with Crippen LogP contribution >= 0.6 is 0 Å². The molecule has 27 heavy (non-hydrogen) atoms. The molecule has 2 atom stereocenters. The molecule has 2 unspecified atom stereocenters. The van der Waals surface area contributed by atoms with Crippen LogP contribution in [0.25, 0.3) is 0 Å². The second-order valence-electron chi connectivity index (χ2n) is 7.39. The molecule has 148 valence electrons. The molecule has 0 spiro atoms. The molecule has 2 amide bonds. The molecule has 1 fully saturated rings. The van der Waals surface area contributed by atoms with E-state index in [1.54, 1.807) is 17.9 Å². The van der Waals surface area contributed by atoms with Crippen molar-refractivity contribution in [3.8, 4) is 0 Å². The molecule has 1 saturated heterocycles. The van der Waals surface area contributed by atoms with Gasteiger partial charge in [-0.25, -0.2) is 0 Å². The van der Waals surface area contributed by atoms with Gasteiger partial charge in [-0.05, 0) is 44.2 Å². The largest absolute Gasteiger partial charge is 0.466 e. The zero-order valence-electron chi connectivity index (χ0n) is 16.7. The summed E-state index contributed by atoms with van der Waals surface area (Å²) >= 11 is 0. The van der Waals surface area contributed by atoms with Crippen molar-refractivity contribution >= 4 is 17.8 Å². The SMILES string of the molecule is CCOC(=O)C1CCCN(C(=O)C(NC(=O)c2ccccc2C)C(C)C)C1. The number of ether oxygens (including phenoxy) is 1. The number of hydrogen-bond acceptors (Lipinski definition) is 4. The number of carbonyl (C=O) groups excluding carboxylic acids is 3. The number of piperidine rings is 1. The summed E-state index contributed by atoms with van der Waals surface area (Å²) in [6, 6.07) is 6.68. The lowest BCUT2D eigenvalue weighted by atomic mass is 9.95. The number of esters is 1. The highest BCUT2D eigenvalue weighted by atomic mass is 16.5. The van der Waals surface area contributed by atoms with Gasteiger partial charge >= 0.3 is 5.97 Å². The van der Waals surface area contributed by atoms with Crippen molar-refractivity contribution in [3.05, 3.63) is 35.4 Å². The summed E-state index contributed by atoms with van der Waals surface area (Å²) in [6.07, 6.45) is 1.48. The van der Waals surface area contributed by atoms with E-state index in [1.165, 1.54) is 0 Å². The number of carbonyl (C=O) groups is 3. The van der Waals surface area contributed by atoms with Gasteiger partial charge in [-0.1, -0.05) is 32.0 Å². The zero-order chi connectivity index (χ0) is 20.0. The Kier molecular flexibility index (Phi) is 7.39. The van der Waals surface area contributed by atoms with Gasteiger partial charge in [0.2, 0.25) is 5.91 Å². The normalized spacial score (nSPS) is 18.1. The lowest BCUT2D eigenvalue weighted by molar-refractivity contribution is -0.151. The summed E-state index contributed by atoms with van der Waals surface area (Å²) in [5.41, 5.74) is 1.43. The van der Waals surface area contributed by atoms with Crippen molar-refractivity contribution in [1.82, 2.24) is 10.2 Å². The fourth-order valence-electron chi connectivity index (χ4n) is 3.39. The van der Waals surface area contributed by atoms with Gasteiger partial charge < -0.3 is 15.0 Å². The van der Waals surface area contributed by atoms with Gasteiger partial charge in [-0.2, -0.15) is 0 Å². The van der Waals surface area contributed by atoms with Gasteiger partial charge in [0.1, 0.15) is 6.04 Å². The molecule has 1 aliphatic rings. The molecule has 0 aromatic heterocycles. The van der Waals surface area contributed by atoms with Gasteiger partial charge in [0.15, 0.2) is 0 Å². The fourth-order valence-corrected chi connectivity index (χ4v) is 3.39. The molecular weight excluding hydrogens is 344 g/mol. The van der Waals surface area contributed by atoms with Crippen LogP contribution < -0.4 is 5.32 Å². The van der Waals surface area contributed by atoms with E-state index in [4.69, 9.17) is 4.74 Å². The minimum Gasteiger partial charge on any atom is -0.466 e. The van der Waals surface area contributed by atoms with E-state index >= 15 is 0 Å². The van der Waals surface area contributed by atoms with E-state index in [-0.39, 0.29) is 29.6 Å². The van der Waals surface area contributed by atoms with Crippen molar-refractivity contribution < 1.29 is 19.1 Å². The Bertz CT molecular complexity index is 687. The van der Waals surface area contributed by atoms with E-state index < -0.39 is 6.04 Å². The predicted octanol–water partition coefficient (Wildman–Crippen LogP) is 2.55. The second-order valence-corrected chi connectivity index (χ2v) is 7.39. The van der Waals surface area contributed by atoms with Crippen LogP contribution in [0, 0.1) is 18.8 Å². The molecule has 2 rings (SSSR count). The van der Waals surface area contributed by atoms with Crippen molar-refractivity contribution in [2.45, 2.75) is 46.6 Å². The molecule has 0 bridgehead atoms. The minimum atomic E-state index is -0.627. The lowest BCUT2D eigenvalue weighted by Crippen LogP contribution is -2.54. The molecule has 6 heteroatoms. The monoisotopic (exact) mass is 374 g/mol. The summed E-state index contributed by atoms with van der Waals surface area (Å²) in [6.45, 7) is 8.75. The van der Waals surface area contributed by atoms with E-state index in [0.717, 1.165) is 18.4 Å². The smallest absolute Gasteiger partial charge is 0.310 e. The highest BCUT2D eigenvalue weighted by Gasteiger charge is 2.34.